The Morgan fingerprint density at radius 1 is 1.07 bits per heavy atom. The van der Waals surface area contributed by atoms with Gasteiger partial charge in [-0.15, -0.1) is 0 Å². The van der Waals surface area contributed by atoms with Crippen LogP contribution in [0.5, 0.6) is 0 Å². The van der Waals surface area contributed by atoms with Crippen LogP contribution in [-0.2, 0) is 19.1 Å². The predicted molar refractivity (Wildman–Crippen MR) is 60.3 cm³/mol. The number of alkyl halides is 1. The first-order valence-corrected chi connectivity index (χ1v) is 5.80. The summed E-state index contributed by atoms with van der Waals surface area (Å²) >= 11 is 2.05. The fraction of sp³-hybridized carbons (Fsp3) is 0.778. The maximum absolute atomic E-state index is 11.0. The van der Waals surface area contributed by atoms with E-state index in [1.807, 2.05) is 22.6 Å². The Kier molecular flexibility index (Phi) is 7.83. The summed E-state index contributed by atoms with van der Waals surface area (Å²) in [5, 5.41) is 0. The minimum Gasteiger partial charge on any atom is -0.466 e. The number of hydrogen-bond acceptors (Lipinski definition) is 4. The van der Waals surface area contributed by atoms with Crippen molar-refractivity contribution in [1.82, 2.24) is 0 Å². The Morgan fingerprint density at radius 2 is 1.43 bits per heavy atom. The molecule has 0 aliphatic heterocycles. The van der Waals surface area contributed by atoms with E-state index in [1.165, 1.54) is 0 Å². The SMILES string of the molecule is CCOC(=O)CC(I)CC(=O)OCC. The highest BCUT2D eigenvalue weighted by Gasteiger charge is 2.15. The Bertz CT molecular complexity index is 173. The second kappa shape index (κ2) is 8.02. The minimum atomic E-state index is -0.267. The third-order valence-corrected chi connectivity index (χ3v) is 2.27. The van der Waals surface area contributed by atoms with E-state index in [4.69, 9.17) is 9.47 Å². The summed E-state index contributed by atoms with van der Waals surface area (Å²) in [6, 6.07) is 0. The molecule has 14 heavy (non-hydrogen) atoms. The van der Waals surface area contributed by atoms with Crippen molar-refractivity contribution in [1.29, 1.82) is 0 Å². The van der Waals surface area contributed by atoms with Crippen LogP contribution in [0.15, 0.2) is 0 Å². The molecule has 5 heteroatoms. The van der Waals surface area contributed by atoms with Crippen LogP contribution in [0.3, 0.4) is 0 Å². The molecule has 0 aliphatic rings. The summed E-state index contributed by atoms with van der Waals surface area (Å²) in [4.78, 5) is 22.0. The van der Waals surface area contributed by atoms with E-state index in [-0.39, 0.29) is 28.7 Å². The van der Waals surface area contributed by atoms with Crippen molar-refractivity contribution in [2.45, 2.75) is 30.6 Å². The molecular weight excluding hydrogens is 299 g/mol. The van der Waals surface area contributed by atoms with E-state index >= 15 is 0 Å². The van der Waals surface area contributed by atoms with Crippen LogP contribution >= 0.6 is 22.6 Å². The Balaban J connectivity index is 3.68. The second-order valence-electron chi connectivity index (χ2n) is 2.62. The summed E-state index contributed by atoms with van der Waals surface area (Å²) in [5.41, 5.74) is 0. The summed E-state index contributed by atoms with van der Waals surface area (Å²) in [6.07, 6.45) is 0.514. The smallest absolute Gasteiger partial charge is 0.306 e. The van der Waals surface area contributed by atoms with Crippen molar-refractivity contribution < 1.29 is 19.1 Å². The zero-order valence-electron chi connectivity index (χ0n) is 8.42. The average Bonchev–Trinajstić information content (AvgIpc) is 2.03. The van der Waals surface area contributed by atoms with Gasteiger partial charge in [-0.05, 0) is 13.8 Å². The van der Waals surface area contributed by atoms with E-state index in [9.17, 15) is 9.59 Å². The Hall–Kier alpha value is -0.330. The molecule has 0 fully saturated rings. The lowest BCUT2D eigenvalue weighted by Crippen LogP contribution is -2.16. The standard InChI is InChI=1S/C9H15IO4/c1-3-13-8(11)5-7(10)6-9(12)14-4-2/h7H,3-6H2,1-2H3. The van der Waals surface area contributed by atoms with Crippen molar-refractivity contribution in [3.63, 3.8) is 0 Å². The fourth-order valence-corrected chi connectivity index (χ4v) is 1.59. The van der Waals surface area contributed by atoms with Crippen LogP contribution in [0.2, 0.25) is 0 Å². The number of esters is 2. The molecule has 0 bridgehead atoms. The van der Waals surface area contributed by atoms with Crippen molar-refractivity contribution >= 4 is 34.5 Å². The highest BCUT2D eigenvalue weighted by molar-refractivity contribution is 14.1. The molecule has 0 aromatic carbocycles. The van der Waals surface area contributed by atoms with E-state index in [2.05, 4.69) is 0 Å². The molecule has 0 aromatic rings. The molecule has 0 aromatic heterocycles. The van der Waals surface area contributed by atoms with Gasteiger partial charge in [0.1, 0.15) is 0 Å². The molecule has 0 atom stereocenters. The van der Waals surface area contributed by atoms with E-state index in [1.54, 1.807) is 13.8 Å². The lowest BCUT2D eigenvalue weighted by molar-refractivity contribution is -0.144. The van der Waals surface area contributed by atoms with Gasteiger partial charge in [0, 0.05) is 3.92 Å². The number of carbonyl (C=O) groups is 2. The van der Waals surface area contributed by atoms with E-state index in [0.29, 0.717) is 13.2 Å². The second-order valence-corrected chi connectivity index (χ2v) is 4.38. The van der Waals surface area contributed by atoms with Crippen molar-refractivity contribution in [3.05, 3.63) is 0 Å². The zero-order chi connectivity index (χ0) is 11.0. The minimum absolute atomic E-state index is 0.0503. The van der Waals surface area contributed by atoms with Crippen LogP contribution in [0, 0.1) is 0 Å². The third-order valence-electron chi connectivity index (χ3n) is 1.39. The lowest BCUT2D eigenvalue weighted by Gasteiger charge is -2.08. The van der Waals surface area contributed by atoms with Gasteiger partial charge in [0.2, 0.25) is 0 Å². The maximum atomic E-state index is 11.0. The molecule has 82 valence electrons. The number of ether oxygens (including phenoxy) is 2. The third kappa shape index (κ3) is 7.11. The summed E-state index contributed by atoms with van der Waals surface area (Å²) in [6.45, 7) is 4.26. The molecule has 0 saturated carbocycles. The largest absolute Gasteiger partial charge is 0.466 e. The van der Waals surface area contributed by atoms with Gasteiger partial charge >= 0.3 is 11.9 Å². The van der Waals surface area contributed by atoms with Crippen LogP contribution in [0.25, 0.3) is 0 Å². The summed E-state index contributed by atoms with van der Waals surface area (Å²) in [5.74, 6) is -0.535. The van der Waals surface area contributed by atoms with Crippen LogP contribution in [0.1, 0.15) is 26.7 Å². The number of hydrogen-bond donors (Lipinski definition) is 0. The first kappa shape index (κ1) is 13.7. The molecule has 4 nitrogen and oxygen atoms in total. The van der Waals surface area contributed by atoms with E-state index < -0.39 is 0 Å². The molecule has 0 N–H and O–H groups in total. The van der Waals surface area contributed by atoms with Crippen LogP contribution in [-0.4, -0.2) is 29.1 Å². The Labute approximate surface area is 97.5 Å². The number of rotatable bonds is 6. The van der Waals surface area contributed by atoms with Gasteiger partial charge < -0.3 is 9.47 Å². The molecular formula is C9H15IO4. The van der Waals surface area contributed by atoms with Crippen LogP contribution in [0.4, 0.5) is 0 Å². The molecule has 0 unspecified atom stereocenters. The first-order chi connectivity index (χ1) is 6.60. The molecule has 0 radical (unpaired) electrons. The highest BCUT2D eigenvalue weighted by atomic mass is 127. The highest BCUT2D eigenvalue weighted by Crippen LogP contribution is 2.12. The lowest BCUT2D eigenvalue weighted by atomic mass is 10.2. The number of halogens is 1. The molecule has 0 rings (SSSR count). The topological polar surface area (TPSA) is 52.6 Å². The van der Waals surface area contributed by atoms with Gasteiger partial charge in [0.15, 0.2) is 0 Å². The molecule has 0 saturated heterocycles. The number of carbonyl (C=O) groups excluding carboxylic acids is 2. The van der Waals surface area contributed by atoms with Crippen LogP contribution < -0.4 is 0 Å². The normalized spacial score (nSPS) is 10.0. The van der Waals surface area contributed by atoms with Gasteiger partial charge in [0.25, 0.3) is 0 Å². The van der Waals surface area contributed by atoms with E-state index in [0.717, 1.165) is 0 Å². The Morgan fingerprint density at radius 3 is 1.71 bits per heavy atom. The van der Waals surface area contributed by atoms with Crippen molar-refractivity contribution in [2.75, 3.05) is 13.2 Å². The maximum Gasteiger partial charge on any atom is 0.306 e. The molecule has 0 spiro atoms. The summed E-state index contributed by atoms with van der Waals surface area (Å²) < 4.78 is 9.47. The quantitative estimate of drug-likeness (QED) is 0.425. The predicted octanol–water partition coefficient (Wildman–Crippen LogP) is 1.70. The van der Waals surface area contributed by atoms with Crippen molar-refractivity contribution in [3.8, 4) is 0 Å². The zero-order valence-corrected chi connectivity index (χ0v) is 10.6. The van der Waals surface area contributed by atoms with Crippen molar-refractivity contribution in [2.24, 2.45) is 0 Å². The van der Waals surface area contributed by atoms with Gasteiger partial charge in [0.05, 0.1) is 26.1 Å². The van der Waals surface area contributed by atoms with Gasteiger partial charge in [-0.3, -0.25) is 9.59 Å². The molecule has 0 heterocycles. The first-order valence-electron chi connectivity index (χ1n) is 4.55. The van der Waals surface area contributed by atoms with Gasteiger partial charge in [-0.1, -0.05) is 22.6 Å². The molecule has 0 aliphatic carbocycles. The van der Waals surface area contributed by atoms with Gasteiger partial charge in [-0.2, -0.15) is 0 Å². The van der Waals surface area contributed by atoms with Gasteiger partial charge in [-0.25, -0.2) is 0 Å². The average molecular weight is 314 g/mol. The molecule has 0 amide bonds. The summed E-state index contributed by atoms with van der Waals surface area (Å²) in [7, 11) is 0. The fourth-order valence-electron chi connectivity index (χ4n) is 0.874. The monoisotopic (exact) mass is 314 g/mol.